The lowest BCUT2D eigenvalue weighted by molar-refractivity contribution is 0.210. The number of aliphatic hydroxyl groups is 1. The summed E-state index contributed by atoms with van der Waals surface area (Å²) in [5, 5.41) is 13.8. The third kappa shape index (κ3) is 6.04. The minimum atomic E-state index is -2.49. The van der Waals surface area contributed by atoms with Crippen molar-refractivity contribution < 1.29 is 9.53 Å². The van der Waals surface area contributed by atoms with Gasteiger partial charge < -0.3 is 9.53 Å². The Kier molecular flexibility index (Phi) is 8.72. The van der Waals surface area contributed by atoms with Crippen LogP contribution in [0.4, 0.5) is 0 Å². The molecule has 0 aliphatic rings. The van der Waals surface area contributed by atoms with Crippen LogP contribution in [-0.4, -0.2) is 20.0 Å². The molecule has 0 saturated heterocycles. The second-order valence-electron chi connectivity index (χ2n) is 9.58. The third-order valence-corrected chi connectivity index (χ3v) is 11.5. The zero-order valence-electron chi connectivity index (χ0n) is 19.9. The van der Waals surface area contributed by atoms with Crippen molar-refractivity contribution in [3.8, 4) is 0 Å². The second-order valence-corrected chi connectivity index (χ2v) is 14.3. The first kappa shape index (κ1) is 25.4. The van der Waals surface area contributed by atoms with Gasteiger partial charge in [-0.25, -0.2) is 0 Å². The molecule has 33 heavy (non-hydrogen) atoms. The van der Waals surface area contributed by atoms with Crippen LogP contribution in [-0.2, 0) is 4.43 Å². The van der Waals surface area contributed by atoms with E-state index in [0.717, 1.165) is 30.4 Å². The average molecular weight is 479 g/mol. The molecule has 2 nitrogen and oxygen atoms in total. The quantitative estimate of drug-likeness (QED) is 0.200. The van der Waals surface area contributed by atoms with Crippen molar-refractivity contribution in [2.45, 2.75) is 51.2 Å². The smallest absolute Gasteiger partial charge is 0.261 e. The third-order valence-electron chi connectivity index (χ3n) is 6.20. The molecular weight excluding hydrogens is 444 g/mol. The molecular formula is C29H35ClO2Si. The van der Waals surface area contributed by atoms with Gasteiger partial charge in [0.05, 0.1) is 6.10 Å². The predicted octanol–water partition coefficient (Wildman–Crippen LogP) is 6.68. The number of benzene rings is 3. The van der Waals surface area contributed by atoms with E-state index in [-0.39, 0.29) is 5.04 Å². The number of hydrogen-bond donors (Lipinski definition) is 1. The van der Waals surface area contributed by atoms with Gasteiger partial charge in [-0.3, -0.25) is 0 Å². The Labute approximate surface area is 205 Å². The molecule has 1 N–H and O–H groups in total. The lowest BCUT2D eigenvalue weighted by atomic mass is 9.99. The largest absolute Gasteiger partial charge is 0.407 e. The van der Waals surface area contributed by atoms with Crippen molar-refractivity contribution in [3.05, 3.63) is 108 Å². The van der Waals surface area contributed by atoms with Crippen molar-refractivity contribution in [2.75, 3.05) is 6.61 Å². The molecule has 0 aliphatic carbocycles. The van der Waals surface area contributed by atoms with E-state index in [2.05, 4.69) is 88.0 Å². The summed E-state index contributed by atoms with van der Waals surface area (Å²) in [7, 11) is -2.49. The van der Waals surface area contributed by atoms with Gasteiger partial charge in [-0.05, 0) is 57.9 Å². The van der Waals surface area contributed by atoms with Crippen LogP contribution in [0.15, 0.2) is 97.1 Å². The van der Waals surface area contributed by atoms with Crippen molar-refractivity contribution >= 4 is 30.3 Å². The van der Waals surface area contributed by atoms with E-state index in [0.29, 0.717) is 11.6 Å². The van der Waals surface area contributed by atoms with Gasteiger partial charge in [0.2, 0.25) is 0 Å². The molecule has 0 unspecified atom stereocenters. The molecule has 3 aromatic rings. The molecule has 174 valence electrons. The molecule has 0 spiro atoms. The molecule has 4 heteroatoms. The number of aliphatic hydroxyl groups excluding tert-OH is 1. The van der Waals surface area contributed by atoms with Gasteiger partial charge in [-0.2, -0.15) is 0 Å². The number of hydrogen-bond acceptors (Lipinski definition) is 2. The van der Waals surface area contributed by atoms with Crippen LogP contribution in [0.3, 0.4) is 0 Å². The molecule has 3 rings (SSSR count). The summed E-state index contributed by atoms with van der Waals surface area (Å²) in [6.07, 6.45) is 1.92. The van der Waals surface area contributed by atoms with Crippen molar-refractivity contribution in [1.82, 2.24) is 0 Å². The van der Waals surface area contributed by atoms with Gasteiger partial charge in [0.15, 0.2) is 0 Å². The maximum Gasteiger partial charge on any atom is 0.261 e. The Morgan fingerprint density at radius 3 is 1.88 bits per heavy atom. The molecule has 0 radical (unpaired) electrons. The molecule has 1 atom stereocenters. The van der Waals surface area contributed by atoms with Gasteiger partial charge in [0.25, 0.3) is 8.32 Å². The summed E-state index contributed by atoms with van der Waals surface area (Å²) in [6, 6.07) is 28.7. The Bertz CT molecular complexity index is 971. The zero-order valence-corrected chi connectivity index (χ0v) is 21.7. The summed E-state index contributed by atoms with van der Waals surface area (Å²) in [4.78, 5) is 0. The van der Waals surface area contributed by atoms with Crippen LogP contribution in [0, 0.1) is 0 Å². The van der Waals surface area contributed by atoms with Gasteiger partial charge >= 0.3 is 0 Å². The van der Waals surface area contributed by atoms with E-state index in [1.807, 2.05) is 12.1 Å². The van der Waals surface area contributed by atoms with E-state index in [4.69, 9.17) is 16.0 Å². The molecule has 0 aliphatic heterocycles. The Hall–Kier alpha value is -2.17. The molecule has 0 fully saturated rings. The van der Waals surface area contributed by atoms with Gasteiger partial charge in [0, 0.05) is 11.6 Å². The average Bonchev–Trinajstić information content (AvgIpc) is 2.81. The van der Waals surface area contributed by atoms with Crippen LogP contribution >= 0.6 is 11.6 Å². The highest BCUT2D eigenvalue weighted by Crippen LogP contribution is 2.37. The monoisotopic (exact) mass is 478 g/mol. The Morgan fingerprint density at radius 2 is 1.39 bits per heavy atom. The van der Waals surface area contributed by atoms with Gasteiger partial charge in [-0.1, -0.05) is 112 Å². The zero-order chi connectivity index (χ0) is 23.9. The van der Waals surface area contributed by atoms with E-state index >= 15 is 0 Å². The molecule has 0 aromatic heterocycles. The fourth-order valence-corrected chi connectivity index (χ4v) is 9.19. The van der Waals surface area contributed by atoms with Gasteiger partial charge in [-0.15, -0.1) is 0 Å². The summed E-state index contributed by atoms with van der Waals surface area (Å²) in [5.74, 6) is 0. The Morgan fingerprint density at radius 1 is 0.879 bits per heavy atom. The highest BCUT2D eigenvalue weighted by molar-refractivity contribution is 6.99. The SMILES string of the molecule is C=C(CCCCO[Si](c1ccccc1)(c1ccccc1)C(C)(C)C)[C@@H](O)c1ccc(Cl)cc1. The lowest BCUT2D eigenvalue weighted by Gasteiger charge is -2.43. The number of unbranched alkanes of at least 4 members (excludes halogenated alkanes) is 1. The summed E-state index contributed by atoms with van der Waals surface area (Å²) < 4.78 is 6.94. The first-order chi connectivity index (χ1) is 15.8. The van der Waals surface area contributed by atoms with E-state index in [1.165, 1.54) is 10.4 Å². The lowest BCUT2D eigenvalue weighted by Crippen LogP contribution is -2.66. The standard InChI is InChI=1S/C29H35ClO2Si/c1-23(28(31)24-18-20-25(30)21-19-24)13-11-12-22-32-33(29(2,3)4,26-14-7-5-8-15-26)27-16-9-6-10-17-27/h5-10,14-21,28,31H,1,11-13,22H2,2-4H3/t28-/m1/s1. The van der Waals surface area contributed by atoms with Crippen molar-refractivity contribution in [3.63, 3.8) is 0 Å². The van der Waals surface area contributed by atoms with Gasteiger partial charge in [0.1, 0.15) is 0 Å². The molecule has 0 saturated carbocycles. The normalized spacial score (nSPS) is 13.0. The summed E-state index contributed by atoms with van der Waals surface area (Å²) in [5.41, 5.74) is 1.65. The molecule has 0 heterocycles. The highest BCUT2D eigenvalue weighted by atomic mass is 35.5. The fraction of sp³-hybridized carbons (Fsp3) is 0.310. The van der Waals surface area contributed by atoms with Crippen molar-refractivity contribution in [2.24, 2.45) is 0 Å². The summed E-state index contributed by atoms with van der Waals surface area (Å²) >= 11 is 5.96. The summed E-state index contributed by atoms with van der Waals surface area (Å²) in [6.45, 7) is 11.7. The van der Waals surface area contributed by atoms with Crippen LogP contribution in [0.2, 0.25) is 10.1 Å². The predicted molar refractivity (Wildman–Crippen MR) is 143 cm³/mol. The second kappa shape index (κ2) is 11.3. The number of rotatable bonds is 10. The van der Waals surface area contributed by atoms with Crippen LogP contribution in [0.25, 0.3) is 0 Å². The first-order valence-electron chi connectivity index (χ1n) is 11.6. The topological polar surface area (TPSA) is 29.5 Å². The maximum atomic E-state index is 10.6. The minimum absolute atomic E-state index is 0.0237. The fourth-order valence-electron chi connectivity index (χ4n) is 4.46. The van der Waals surface area contributed by atoms with Crippen LogP contribution in [0.1, 0.15) is 51.7 Å². The molecule has 0 bridgehead atoms. The van der Waals surface area contributed by atoms with Crippen molar-refractivity contribution in [1.29, 1.82) is 0 Å². The molecule has 3 aromatic carbocycles. The first-order valence-corrected chi connectivity index (χ1v) is 13.9. The number of halogens is 1. The minimum Gasteiger partial charge on any atom is -0.407 e. The van der Waals surface area contributed by atoms with E-state index in [1.54, 1.807) is 12.1 Å². The van der Waals surface area contributed by atoms with E-state index in [9.17, 15) is 5.11 Å². The Balaban J connectivity index is 1.68. The highest BCUT2D eigenvalue weighted by Gasteiger charge is 2.49. The van der Waals surface area contributed by atoms with E-state index < -0.39 is 14.4 Å². The van der Waals surface area contributed by atoms with Crippen LogP contribution < -0.4 is 10.4 Å². The maximum absolute atomic E-state index is 10.6. The molecule has 0 amide bonds. The van der Waals surface area contributed by atoms with Crippen LogP contribution in [0.5, 0.6) is 0 Å².